The summed E-state index contributed by atoms with van der Waals surface area (Å²) in [7, 11) is 0. The maximum Gasteiger partial charge on any atom is 0.105 e. The number of benzene rings is 2. The molecule has 2 aromatic rings. The summed E-state index contributed by atoms with van der Waals surface area (Å²) in [6.07, 6.45) is 4.81. The zero-order valence-corrected chi connectivity index (χ0v) is 11.8. The second kappa shape index (κ2) is 4.19. The molecule has 0 aromatic heterocycles. The van der Waals surface area contributed by atoms with Crippen molar-refractivity contribution >= 4 is 11.6 Å². The van der Waals surface area contributed by atoms with Gasteiger partial charge in [-0.05, 0) is 57.2 Å². The highest BCUT2D eigenvalue weighted by atomic mass is 16.5. The van der Waals surface area contributed by atoms with Gasteiger partial charge in [-0.3, -0.25) is 0 Å². The fraction of sp³-hybridized carbons (Fsp3) is 0.200. The van der Waals surface area contributed by atoms with Crippen LogP contribution in [-0.2, 0) is 4.74 Å². The van der Waals surface area contributed by atoms with Crippen LogP contribution in [0.1, 0.15) is 30.1 Å². The van der Waals surface area contributed by atoms with Gasteiger partial charge in [0.05, 0.1) is 0 Å². The Hall–Kier alpha value is -2.12. The quantitative estimate of drug-likeness (QED) is 0.716. The van der Waals surface area contributed by atoms with Gasteiger partial charge >= 0.3 is 0 Å². The molecule has 1 heterocycles. The van der Waals surface area contributed by atoms with Crippen LogP contribution in [0.25, 0.3) is 11.6 Å². The maximum absolute atomic E-state index is 6.12. The largest absolute Gasteiger partial charge is 0.369 e. The Morgan fingerprint density at radius 3 is 2.81 bits per heavy atom. The molecular formula is C20H16O. The van der Waals surface area contributed by atoms with Crippen molar-refractivity contribution in [2.45, 2.75) is 18.9 Å². The predicted octanol–water partition coefficient (Wildman–Crippen LogP) is 2.84. The average molecular weight is 272 g/mol. The lowest BCUT2D eigenvalue weighted by atomic mass is 9.78. The summed E-state index contributed by atoms with van der Waals surface area (Å²) < 4.78 is 6.12. The molecule has 2 aromatic carbocycles. The molecule has 102 valence electrons. The summed E-state index contributed by atoms with van der Waals surface area (Å²) in [6, 6.07) is 17.5. The Morgan fingerprint density at radius 1 is 0.952 bits per heavy atom. The van der Waals surface area contributed by atoms with Crippen molar-refractivity contribution in [3.8, 4) is 0 Å². The molecule has 21 heavy (non-hydrogen) atoms. The molecule has 1 aliphatic heterocycles. The topological polar surface area (TPSA) is 9.23 Å². The smallest absolute Gasteiger partial charge is 0.105 e. The van der Waals surface area contributed by atoms with E-state index in [4.69, 9.17) is 4.74 Å². The Labute approximate surface area is 123 Å². The van der Waals surface area contributed by atoms with E-state index < -0.39 is 0 Å². The molecule has 1 heteroatoms. The van der Waals surface area contributed by atoms with E-state index in [0.717, 1.165) is 19.4 Å². The van der Waals surface area contributed by atoms with Gasteiger partial charge in [0.2, 0.25) is 0 Å². The molecule has 2 aliphatic carbocycles. The first-order chi connectivity index (χ1) is 10.4. The first kappa shape index (κ1) is 11.5. The van der Waals surface area contributed by atoms with Crippen molar-refractivity contribution in [3.05, 3.63) is 81.2 Å². The third-order valence-electron chi connectivity index (χ3n) is 4.85. The Kier molecular flexibility index (Phi) is 2.30. The first-order valence-corrected chi connectivity index (χ1v) is 7.69. The van der Waals surface area contributed by atoms with Crippen LogP contribution >= 0.6 is 0 Å². The Balaban J connectivity index is 1.95. The number of hydrogen-bond acceptors (Lipinski definition) is 1. The van der Waals surface area contributed by atoms with E-state index in [1.54, 1.807) is 0 Å². The van der Waals surface area contributed by atoms with E-state index in [2.05, 4.69) is 54.6 Å². The molecule has 1 unspecified atom stereocenters. The van der Waals surface area contributed by atoms with Gasteiger partial charge in [0.1, 0.15) is 6.10 Å². The highest BCUT2D eigenvalue weighted by molar-refractivity contribution is 5.94. The van der Waals surface area contributed by atoms with E-state index in [-0.39, 0.29) is 6.10 Å². The number of rotatable bonds is 0. The predicted molar refractivity (Wildman–Crippen MR) is 84.1 cm³/mol. The van der Waals surface area contributed by atoms with Gasteiger partial charge in [-0.2, -0.15) is 0 Å². The normalized spacial score (nSPS) is 22.1. The minimum Gasteiger partial charge on any atom is -0.369 e. The molecule has 0 saturated carbocycles. The first-order valence-electron chi connectivity index (χ1n) is 7.69. The summed E-state index contributed by atoms with van der Waals surface area (Å²) in [5.41, 5.74) is 7.00. The summed E-state index contributed by atoms with van der Waals surface area (Å²) in [4.78, 5) is 0. The van der Waals surface area contributed by atoms with Crippen LogP contribution in [0.15, 0.2) is 59.7 Å². The zero-order valence-electron chi connectivity index (χ0n) is 11.8. The van der Waals surface area contributed by atoms with Gasteiger partial charge in [-0.25, -0.2) is 0 Å². The molecule has 0 spiro atoms. The summed E-state index contributed by atoms with van der Waals surface area (Å²) in [5.74, 6) is 0. The lowest BCUT2D eigenvalue weighted by molar-refractivity contribution is 0.0511. The second-order valence-electron chi connectivity index (χ2n) is 5.99. The van der Waals surface area contributed by atoms with E-state index in [0.29, 0.717) is 0 Å². The zero-order chi connectivity index (χ0) is 13.8. The van der Waals surface area contributed by atoms with Gasteiger partial charge in [0, 0.05) is 6.61 Å². The molecule has 0 bridgehead atoms. The molecular weight excluding hydrogens is 256 g/mol. The second-order valence-corrected chi connectivity index (χ2v) is 5.99. The van der Waals surface area contributed by atoms with Crippen LogP contribution in [0, 0.1) is 0 Å². The van der Waals surface area contributed by atoms with Crippen molar-refractivity contribution in [2.24, 2.45) is 0 Å². The molecule has 1 nitrogen and oxygen atoms in total. The van der Waals surface area contributed by atoms with Crippen molar-refractivity contribution in [1.29, 1.82) is 0 Å². The lowest BCUT2D eigenvalue weighted by Gasteiger charge is -2.34. The monoisotopic (exact) mass is 272 g/mol. The van der Waals surface area contributed by atoms with Gasteiger partial charge in [0.25, 0.3) is 0 Å². The number of hydrogen-bond donors (Lipinski definition) is 0. The third kappa shape index (κ3) is 1.50. The molecule has 5 rings (SSSR count). The minimum atomic E-state index is 0.166. The number of allylic oxidation sites excluding steroid dienone is 1. The maximum atomic E-state index is 6.12. The lowest BCUT2D eigenvalue weighted by Crippen LogP contribution is -2.25. The van der Waals surface area contributed by atoms with Gasteiger partial charge in [-0.1, -0.05) is 48.5 Å². The fourth-order valence-corrected chi connectivity index (χ4v) is 3.97. The van der Waals surface area contributed by atoms with Crippen molar-refractivity contribution in [2.75, 3.05) is 6.61 Å². The Morgan fingerprint density at radius 2 is 1.81 bits per heavy atom. The van der Waals surface area contributed by atoms with Crippen molar-refractivity contribution in [3.63, 3.8) is 0 Å². The van der Waals surface area contributed by atoms with Crippen LogP contribution in [0.4, 0.5) is 0 Å². The molecule has 0 amide bonds. The van der Waals surface area contributed by atoms with Crippen LogP contribution in [-0.4, -0.2) is 6.61 Å². The van der Waals surface area contributed by atoms with Crippen LogP contribution in [0.3, 0.4) is 0 Å². The van der Waals surface area contributed by atoms with Gasteiger partial charge < -0.3 is 4.74 Å². The SMILES string of the molecule is C1=c2ccccc2=C2C1=C1CCCOC1c1ccccc12. The van der Waals surface area contributed by atoms with Crippen molar-refractivity contribution < 1.29 is 4.74 Å². The van der Waals surface area contributed by atoms with Gasteiger partial charge in [0.15, 0.2) is 0 Å². The minimum absolute atomic E-state index is 0.166. The van der Waals surface area contributed by atoms with E-state index >= 15 is 0 Å². The van der Waals surface area contributed by atoms with Crippen LogP contribution < -0.4 is 10.4 Å². The Bertz CT molecular complexity index is 901. The third-order valence-corrected chi connectivity index (χ3v) is 4.85. The molecule has 0 radical (unpaired) electrons. The van der Waals surface area contributed by atoms with Crippen molar-refractivity contribution in [1.82, 2.24) is 0 Å². The fourth-order valence-electron chi connectivity index (χ4n) is 3.97. The summed E-state index contributed by atoms with van der Waals surface area (Å²) >= 11 is 0. The highest BCUT2D eigenvalue weighted by Gasteiger charge is 2.33. The summed E-state index contributed by atoms with van der Waals surface area (Å²) in [5, 5.41) is 2.72. The van der Waals surface area contributed by atoms with E-state index in [9.17, 15) is 0 Å². The molecule has 1 atom stereocenters. The highest BCUT2D eigenvalue weighted by Crippen LogP contribution is 2.46. The number of ether oxygens (including phenoxy) is 1. The van der Waals surface area contributed by atoms with Gasteiger partial charge in [-0.15, -0.1) is 0 Å². The molecule has 1 saturated heterocycles. The summed E-state index contributed by atoms with van der Waals surface area (Å²) in [6.45, 7) is 0.873. The average Bonchev–Trinajstić information content (AvgIpc) is 2.95. The van der Waals surface area contributed by atoms with Crippen LogP contribution in [0.2, 0.25) is 0 Å². The number of fused-ring (bicyclic) bond motifs is 6. The standard InChI is InChI=1S/C20H16O/c1-2-7-14-13(6-1)12-18-17-10-5-11-21-20(17)16-9-4-3-8-15(16)19(14)18/h1-4,6-9,12,20H,5,10-11H2. The molecule has 3 aliphatic rings. The van der Waals surface area contributed by atoms with Crippen LogP contribution in [0.5, 0.6) is 0 Å². The van der Waals surface area contributed by atoms with E-state index in [1.807, 2.05) is 0 Å². The van der Waals surface area contributed by atoms with E-state index in [1.165, 1.54) is 38.3 Å². The molecule has 0 N–H and O–H groups in total. The molecule has 1 fully saturated rings.